The second kappa shape index (κ2) is 3.38. The summed E-state index contributed by atoms with van der Waals surface area (Å²) < 4.78 is 2.00. The molecule has 0 radical (unpaired) electrons. The molecule has 0 fully saturated rings. The molecule has 4 heteroatoms. The van der Waals surface area contributed by atoms with Crippen LogP contribution in [0.3, 0.4) is 0 Å². The van der Waals surface area contributed by atoms with Gasteiger partial charge < -0.3 is 4.57 Å². The quantitative estimate of drug-likeness (QED) is 0.761. The van der Waals surface area contributed by atoms with Crippen molar-refractivity contribution in [2.24, 2.45) is 7.05 Å². The normalized spacial score (nSPS) is 10.6. The van der Waals surface area contributed by atoms with Gasteiger partial charge in [0.1, 0.15) is 0 Å². The first-order valence-electron chi connectivity index (χ1n) is 4.78. The minimum absolute atomic E-state index is 0.131. The Hall–Kier alpha value is -1.84. The van der Waals surface area contributed by atoms with Gasteiger partial charge >= 0.3 is 0 Å². The summed E-state index contributed by atoms with van der Waals surface area (Å²) in [6.45, 7) is 3.83. The Morgan fingerprint density at radius 3 is 2.73 bits per heavy atom. The van der Waals surface area contributed by atoms with E-state index in [1.54, 1.807) is 6.20 Å². The van der Waals surface area contributed by atoms with Crippen molar-refractivity contribution < 1.29 is 0 Å². The number of aryl methyl sites for hydroxylation is 2. The van der Waals surface area contributed by atoms with Crippen molar-refractivity contribution >= 4 is 0 Å². The maximum atomic E-state index is 11.4. The molecule has 0 aromatic carbocycles. The summed E-state index contributed by atoms with van der Waals surface area (Å²) in [7, 11) is 1.96. The second-order valence-corrected chi connectivity index (χ2v) is 3.70. The van der Waals surface area contributed by atoms with Crippen molar-refractivity contribution in [1.29, 1.82) is 0 Å². The molecule has 2 aromatic rings. The van der Waals surface area contributed by atoms with Gasteiger partial charge in [0.15, 0.2) is 0 Å². The molecule has 0 saturated carbocycles. The van der Waals surface area contributed by atoms with Crippen molar-refractivity contribution in [2.75, 3.05) is 0 Å². The molecule has 0 bridgehead atoms. The number of hydrogen-bond acceptors (Lipinski definition) is 2. The van der Waals surface area contributed by atoms with E-state index in [0.717, 1.165) is 16.8 Å². The SMILES string of the molecule is Cc1ccn(C)c1-c1cn[nH]c(=O)c1C. The fraction of sp³-hybridized carbons (Fsp3) is 0.273. The number of hydrogen-bond donors (Lipinski definition) is 1. The first-order valence-corrected chi connectivity index (χ1v) is 4.78. The Labute approximate surface area is 87.6 Å². The van der Waals surface area contributed by atoms with Crippen molar-refractivity contribution in [3.63, 3.8) is 0 Å². The van der Waals surface area contributed by atoms with E-state index in [4.69, 9.17) is 0 Å². The minimum atomic E-state index is -0.131. The predicted molar refractivity (Wildman–Crippen MR) is 58.7 cm³/mol. The Balaban J connectivity index is 2.75. The van der Waals surface area contributed by atoms with Crippen LogP contribution in [-0.4, -0.2) is 14.8 Å². The van der Waals surface area contributed by atoms with Gasteiger partial charge in [0.25, 0.3) is 5.56 Å². The molecule has 4 nitrogen and oxygen atoms in total. The summed E-state index contributed by atoms with van der Waals surface area (Å²) in [5, 5.41) is 6.26. The van der Waals surface area contributed by atoms with Crippen LogP contribution in [-0.2, 0) is 7.05 Å². The standard InChI is InChI=1S/C11H13N3O/c1-7-4-5-14(3)10(7)9-6-12-13-11(15)8(9)2/h4-6H,1-3H3,(H,13,15). The van der Waals surface area contributed by atoms with E-state index in [2.05, 4.69) is 10.2 Å². The lowest BCUT2D eigenvalue weighted by atomic mass is 10.1. The first-order chi connectivity index (χ1) is 7.11. The van der Waals surface area contributed by atoms with E-state index in [-0.39, 0.29) is 5.56 Å². The van der Waals surface area contributed by atoms with Gasteiger partial charge in [-0.3, -0.25) is 4.79 Å². The summed E-state index contributed by atoms with van der Waals surface area (Å²) >= 11 is 0. The Kier molecular flexibility index (Phi) is 2.19. The van der Waals surface area contributed by atoms with E-state index >= 15 is 0 Å². The highest BCUT2D eigenvalue weighted by molar-refractivity contribution is 5.66. The van der Waals surface area contributed by atoms with Crippen LogP contribution in [0.1, 0.15) is 11.1 Å². The fourth-order valence-corrected chi connectivity index (χ4v) is 1.75. The Morgan fingerprint density at radius 1 is 1.40 bits per heavy atom. The highest BCUT2D eigenvalue weighted by atomic mass is 16.1. The highest BCUT2D eigenvalue weighted by Crippen LogP contribution is 2.23. The smallest absolute Gasteiger partial charge is 0.267 e. The molecule has 0 aliphatic carbocycles. The largest absolute Gasteiger partial charge is 0.350 e. The number of H-pyrrole nitrogens is 1. The molecule has 0 aliphatic rings. The van der Waals surface area contributed by atoms with Crippen molar-refractivity contribution in [3.05, 3.63) is 39.9 Å². The van der Waals surface area contributed by atoms with E-state index in [0.29, 0.717) is 5.56 Å². The summed E-state index contributed by atoms with van der Waals surface area (Å²) in [4.78, 5) is 11.4. The topological polar surface area (TPSA) is 50.7 Å². The summed E-state index contributed by atoms with van der Waals surface area (Å²) in [5.74, 6) is 0. The number of aromatic nitrogens is 3. The molecule has 0 amide bonds. The molecule has 0 aliphatic heterocycles. The molecular weight excluding hydrogens is 190 g/mol. The molecule has 2 rings (SSSR count). The lowest BCUT2D eigenvalue weighted by Crippen LogP contribution is -2.12. The highest BCUT2D eigenvalue weighted by Gasteiger charge is 2.10. The van der Waals surface area contributed by atoms with Crippen LogP contribution in [0.25, 0.3) is 11.3 Å². The third kappa shape index (κ3) is 1.48. The fourth-order valence-electron chi connectivity index (χ4n) is 1.75. The average Bonchev–Trinajstić information content (AvgIpc) is 2.52. The van der Waals surface area contributed by atoms with E-state index in [9.17, 15) is 4.79 Å². The third-order valence-corrected chi connectivity index (χ3v) is 2.63. The number of nitrogens with zero attached hydrogens (tertiary/aromatic N) is 2. The molecular formula is C11H13N3O. The van der Waals surface area contributed by atoms with Gasteiger partial charge in [-0.2, -0.15) is 5.10 Å². The van der Waals surface area contributed by atoms with E-state index < -0.39 is 0 Å². The van der Waals surface area contributed by atoms with E-state index in [1.807, 2.05) is 37.7 Å². The number of rotatable bonds is 1. The zero-order valence-corrected chi connectivity index (χ0v) is 9.03. The van der Waals surface area contributed by atoms with Crippen LogP contribution < -0.4 is 5.56 Å². The van der Waals surface area contributed by atoms with Crippen LogP contribution >= 0.6 is 0 Å². The molecule has 0 atom stereocenters. The molecule has 78 valence electrons. The molecule has 0 unspecified atom stereocenters. The van der Waals surface area contributed by atoms with Crippen LogP contribution in [0.15, 0.2) is 23.3 Å². The third-order valence-electron chi connectivity index (χ3n) is 2.63. The Bertz CT molecular complexity index is 532. The van der Waals surface area contributed by atoms with Crippen LogP contribution in [0.2, 0.25) is 0 Å². The summed E-state index contributed by atoms with van der Waals surface area (Å²) in [6.07, 6.45) is 3.67. The zero-order valence-electron chi connectivity index (χ0n) is 9.03. The molecule has 2 heterocycles. The monoisotopic (exact) mass is 203 g/mol. The van der Waals surface area contributed by atoms with Gasteiger partial charge in [-0.1, -0.05) is 0 Å². The number of aromatic amines is 1. The van der Waals surface area contributed by atoms with Crippen LogP contribution in [0.5, 0.6) is 0 Å². The molecule has 0 saturated heterocycles. The van der Waals surface area contributed by atoms with Gasteiger partial charge in [0, 0.05) is 24.4 Å². The second-order valence-electron chi connectivity index (χ2n) is 3.70. The van der Waals surface area contributed by atoms with Crippen LogP contribution in [0.4, 0.5) is 0 Å². The van der Waals surface area contributed by atoms with Crippen molar-refractivity contribution in [3.8, 4) is 11.3 Å². The minimum Gasteiger partial charge on any atom is -0.350 e. The maximum absolute atomic E-state index is 11.4. The van der Waals surface area contributed by atoms with Gasteiger partial charge in [-0.15, -0.1) is 0 Å². The van der Waals surface area contributed by atoms with E-state index in [1.165, 1.54) is 0 Å². The first kappa shape index (κ1) is 9.71. The number of nitrogens with one attached hydrogen (secondary N) is 1. The average molecular weight is 203 g/mol. The van der Waals surface area contributed by atoms with Gasteiger partial charge in [-0.05, 0) is 25.5 Å². The van der Waals surface area contributed by atoms with Crippen LogP contribution in [0, 0.1) is 13.8 Å². The Morgan fingerprint density at radius 2 is 2.13 bits per heavy atom. The molecule has 0 spiro atoms. The lowest BCUT2D eigenvalue weighted by molar-refractivity contribution is 0.917. The predicted octanol–water partition coefficient (Wildman–Crippen LogP) is 1.39. The van der Waals surface area contributed by atoms with Crippen molar-refractivity contribution in [2.45, 2.75) is 13.8 Å². The van der Waals surface area contributed by atoms with Crippen molar-refractivity contribution in [1.82, 2.24) is 14.8 Å². The summed E-state index contributed by atoms with van der Waals surface area (Å²) in [5.41, 5.74) is 3.66. The lowest BCUT2D eigenvalue weighted by Gasteiger charge is -2.07. The van der Waals surface area contributed by atoms with Gasteiger partial charge in [-0.25, -0.2) is 5.10 Å². The summed E-state index contributed by atoms with van der Waals surface area (Å²) in [6, 6.07) is 2.02. The molecule has 15 heavy (non-hydrogen) atoms. The van der Waals surface area contributed by atoms with Gasteiger partial charge in [0.2, 0.25) is 0 Å². The molecule has 2 aromatic heterocycles. The molecule has 1 N–H and O–H groups in total. The zero-order chi connectivity index (χ0) is 11.0. The van der Waals surface area contributed by atoms with Gasteiger partial charge in [0.05, 0.1) is 11.9 Å². The maximum Gasteiger partial charge on any atom is 0.267 e.